The third-order valence-electron chi connectivity index (χ3n) is 3.21. The molecule has 2 aromatic carbocycles. The van der Waals surface area contributed by atoms with Crippen LogP contribution in [0.1, 0.15) is 0 Å². The number of aromatic nitrogens is 1. The van der Waals surface area contributed by atoms with Crippen LogP contribution >= 0.6 is 27.5 Å². The highest BCUT2D eigenvalue weighted by molar-refractivity contribution is 9.10. The number of halogens is 4. The van der Waals surface area contributed by atoms with Gasteiger partial charge in [-0.3, -0.25) is 9.71 Å². The Labute approximate surface area is 149 Å². The van der Waals surface area contributed by atoms with Gasteiger partial charge in [-0.2, -0.15) is 0 Å². The number of pyridine rings is 1. The molecule has 24 heavy (non-hydrogen) atoms. The van der Waals surface area contributed by atoms with Gasteiger partial charge in [0.1, 0.15) is 11.6 Å². The average molecular weight is 434 g/mol. The summed E-state index contributed by atoms with van der Waals surface area (Å²) in [4.78, 5) is 3.93. The molecule has 0 bridgehead atoms. The molecule has 0 saturated heterocycles. The van der Waals surface area contributed by atoms with Crippen molar-refractivity contribution in [3.05, 3.63) is 63.7 Å². The lowest BCUT2D eigenvalue weighted by molar-refractivity contribution is 0.592. The normalized spacial score (nSPS) is 11.7. The number of hydrogen-bond donors (Lipinski definition) is 1. The summed E-state index contributed by atoms with van der Waals surface area (Å²) in [6, 6.07) is 7.40. The predicted molar refractivity (Wildman–Crippen MR) is 91.6 cm³/mol. The fourth-order valence-corrected chi connectivity index (χ4v) is 3.87. The molecule has 3 rings (SSSR count). The minimum atomic E-state index is -4.16. The van der Waals surface area contributed by atoms with Crippen LogP contribution in [0.5, 0.6) is 0 Å². The number of benzene rings is 2. The minimum Gasteiger partial charge on any atom is -0.277 e. The molecule has 0 spiro atoms. The first-order chi connectivity index (χ1) is 11.3. The summed E-state index contributed by atoms with van der Waals surface area (Å²) < 4.78 is 54.6. The van der Waals surface area contributed by atoms with E-state index in [4.69, 9.17) is 11.6 Å². The summed E-state index contributed by atoms with van der Waals surface area (Å²) in [5.41, 5.74) is -0.123. The molecular weight excluding hydrogens is 426 g/mol. The lowest BCUT2D eigenvalue weighted by atomic mass is 10.2. The molecule has 124 valence electrons. The van der Waals surface area contributed by atoms with E-state index in [0.717, 1.165) is 12.1 Å². The molecule has 1 heterocycles. The molecule has 0 aliphatic carbocycles. The van der Waals surface area contributed by atoms with Gasteiger partial charge < -0.3 is 0 Å². The highest BCUT2D eigenvalue weighted by Gasteiger charge is 2.20. The molecule has 0 radical (unpaired) electrons. The van der Waals surface area contributed by atoms with Gasteiger partial charge in [-0.1, -0.05) is 11.6 Å². The molecule has 0 fully saturated rings. The molecule has 0 unspecified atom stereocenters. The fourth-order valence-electron chi connectivity index (χ4n) is 2.13. The van der Waals surface area contributed by atoms with Gasteiger partial charge in [0.2, 0.25) is 0 Å². The number of anilines is 1. The van der Waals surface area contributed by atoms with Crippen LogP contribution in [0.4, 0.5) is 14.5 Å². The van der Waals surface area contributed by atoms with Gasteiger partial charge in [0.25, 0.3) is 10.0 Å². The summed E-state index contributed by atoms with van der Waals surface area (Å²) in [5.74, 6) is -1.70. The van der Waals surface area contributed by atoms with Crippen molar-refractivity contribution in [1.29, 1.82) is 0 Å². The van der Waals surface area contributed by atoms with E-state index >= 15 is 0 Å². The summed E-state index contributed by atoms with van der Waals surface area (Å²) in [7, 11) is -4.16. The lowest BCUT2D eigenvalue weighted by Crippen LogP contribution is -2.15. The topological polar surface area (TPSA) is 59.1 Å². The van der Waals surface area contributed by atoms with Gasteiger partial charge in [-0.15, -0.1) is 0 Å². The van der Waals surface area contributed by atoms with Gasteiger partial charge >= 0.3 is 0 Å². The van der Waals surface area contributed by atoms with E-state index in [-0.39, 0.29) is 9.37 Å². The van der Waals surface area contributed by atoms with Gasteiger partial charge in [-0.25, -0.2) is 17.2 Å². The highest BCUT2D eigenvalue weighted by atomic mass is 79.9. The Bertz CT molecular complexity index is 1060. The van der Waals surface area contributed by atoms with Crippen LogP contribution < -0.4 is 4.72 Å². The molecule has 9 heteroatoms. The van der Waals surface area contributed by atoms with E-state index in [1.54, 1.807) is 0 Å². The zero-order valence-electron chi connectivity index (χ0n) is 11.7. The molecule has 0 aliphatic rings. The van der Waals surface area contributed by atoms with Crippen LogP contribution in [-0.4, -0.2) is 13.4 Å². The van der Waals surface area contributed by atoms with E-state index in [1.165, 1.54) is 30.5 Å². The van der Waals surface area contributed by atoms with Crippen molar-refractivity contribution in [3.8, 4) is 0 Å². The second-order valence-corrected chi connectivity index (χ2v) is 7.76. The third-order valence-corrected chi connectivity index (χ3v) is 5.48. The zero-order chi connectivity index (χ0) is 17.5. The van der Waals surface area contributed by atoms with Crippen LogP contribution in [0, 0.1) is 11.6 Å². The SMILES string of the molecule is O=S(=O)(Nc1cc(F)c(Br)cc1F)c1ccnc2cc(Cl)ccc12. The van der Waals surface area contributed by atoms with Gasteiger partial charge in [0.15, 0.2) is 0 Å². The molecule has 1 N–H and O–H groups in total. The highest BCUT2D eigenvalue weighted by Crippen LogP contribution is 2.28. The molecular formula is C15H8BrClF2N2O2S. The van der Waals surface area contributed by atoms with Crippen molar-refractivity contribution >= 4 is 54.1 Å². The quantitative estimate of drug-likeness (QED) is 0.608. The van der Waals surface area contributed by atoms with Gasteiger partial charge in [0, 0.05) is 22.7 Å². The number of fused-ring (bicyclic) bond motifs is 1. The molecule has 4 nitrogen and oxygen atoms in total. The monoisotopic (exact) mass is 432 g/mol. The van der Waals surface area contributed by atoms with Crippen molar-refractivity contribution in [2.45, 2.75) is 4.90 Å². The third kappa shape index (κ3) is 3.22. The summed E-state index contributed by atoms with van der Waals surface area (Å²) in [6.07, 6.45) is 1.30. The minimum absolute atomic E-state index is 0.105. The van der Waals surface area contributed by atoms with Crippen molar-refractivity contribution in [2.24, 2.45) is 0 Å². The maximum Gasteiger partial charge on any atom is 0.262 e. The summed E-state index contributed by atoms with van der Waals surface area (Å²) >= 11 is 8.70. The second kappa shape index (κ2) is 6.27. The van der Waals surface area contributed by atoms with Crippen molar-refractivity contribution in [2.75, 3.05) is 4.72 Å². The van der Waals surface area contributed by atoms with Crippen LogP contribution in [0.3, 0.4) is 0 Å². The molecule has 0 saturated carbocycles. The molecule has 3 aromatic rings. The van der Waals surface area contributed by atoms with E-state index in [9.17, 15) is 17.2 Å². The lowest BCUT2D eigenvalue weighted by Gasteiger charge is -2.11. The van der Waals surface area contributed by atoms with Crippen LogP contribution in [-0.2, 0) is 10.0 Å². The molecule has 1 aromatic heterocycles. The maximum atomic E-state index is 13.9. The summed E-state index contributed by atoms with van der Waals surface area (Å²) in [5, 5.41) is 0.714. The van der Waals surface area contributed by atoms with Gasteiger partial charge in [0.05, 0.1) is 20.6 Å². The molecule has 0 aliphatic heterocycles. The van der Waals surface area contributed by atoms with E-state index in [2.05, 4.69) is 25.6 Å². The van der Waals surface area contributed by atoms with Crippen LogP contribution in [0.2, 0.25) is 5.02 Å². The first kappa shape index (κ1) is 17.1. The van der Waals surface area contributed by atoms with Crippen molar-refractivity contribution < 1.29 is 17.2 Å². The van der Waals surface area contributed by atoms with Crippen molar-refractivity contribution in [1.82, 2.24) is 4.98 Å². The Kier molecular flexibility index (Phi) is 4.46. The summed E-state index contributed by atoms with van der Waals surface area (Å²) in [6.45, 7) is 0. The molecule has 0 amide bonds. The predicted octanol–water partition coefficient (Wildman–Crippen LogP) is 4.73. The Hall–Kier alpha value is -1.77. The molecule has 0 atom stereocenters. The Balaban J connectivity index is 2.11. The standard InChI is InChI=1S/C15H8BrClF2N2O2S/c16-10-6-12(19)14(7-11(10)18)21-24(22,23)15-3-4-20-13-5-8(17)1-2-9(13)15/h1-7,21H. The number of sulfonamides is 1. The number of nitrogens with one attached hydrogen (secondary N) is 1. The number of nitrogens with zero attached hydrogens (tertiary/aromatic N) is 1. The van der Waals surface area contributed by atoms with E-state index in [0.29, 0.717) is 15.9 Å². The number of rotatable bonds is 3. The fraction of sp³-hybridized carbons (Fsp3) is 0. The van der Waals surface area contributed by atoms with Gasteiger partial charge in [-0.05, 0) is 46.3 Å². The Morgan fingerprint density at radius 3 is 2.58 bits per heavy atom. The van der Waals surface area contributed by atoms with Crippen LogP contribution in [0.25, 0.3) is 10.9 Å². The average Bonchev–Trinajstić information content (AvgIpc) is 2.51. The van der Waals surface area contributed by atoms with Crippen molar-refractivity contribution in [3.63, 3.8) is 0 Å². The van der Waals surface area contributed by atoms with E-state index < -0.39 is 27.3 Å². The smallest absolute Gasteiger partial charge is 0.262 e. The number of hydrogen-bond acceptors (Lipinski definition) is 3. The Morgan fingerprint density at radius 1 is 1.08 bits per heavy atom. The maximum absolute atomic E-state index is 13.9. The zero-order valence-corrected chi connectivity index (χ0v) is 14.9. The first-order valence-electron chi connectivity index (χ1n) is 6.49. The Morgan fingerprint density at radius 2 is 1.83 bits per heavy atom. The van der Waals surface area contributed by atoms with E-state index in [1.807, 2.05) is 0 Å². The first-order valence-corrected chi connectivity index (χ1v) is 9.15. The van der Waals surface area contributed by atoms with Crippen LogP contribution in [0.15, 0.2) is 52.0 Å². The second-order valence-electron chi connectivity index (χ2n) is 4.82. The largest absolute Gasteiger partial charge is 0.277 e.